The Morgan fingerprint density at radius 3 is 2.65 bits per heavy atom. The second-order valence-electron chi connectivity index (χ2n) is 4.10. The predicted octanol–water partition coefficient (Wildman–Crippen LogP) is 3.35. The van der Waals surface area contributed by atoms with Gasteiger partial charge in [0.2, 0.25) is 0 Å². The zero-order chi connectivity index (χ0) is 12.0. The molecular formula is C12H9BrF2N2. The summed E-state index contributed by atoms with van der Waals surface area (Å²) in [7, 11) is 0. The van der Waals surface area contributed by atoms with Crippen molar-refractivity contribution < 1.29 is 8.78 Å². The molecule has 0 unspecified atom stereocenters. The first kappa shape index (κ1) is 10.9. The number of alkyl halides is 1. The lowest BCUT2D eigenvalue weighted by atomic mass is 10.1. The molecule has 0 saturated heterocycles. The first-order chi connectivity index (χ1) is 8.15. The van der Waals surface area contributed by atoms with E-state index in [1.54, 1.807) is 16.8 Å². The number of aromatic nitrogens is 2. The van der Waals surface area contributed by atoms with Gasteiger partial charge in [0.1, 0.15) is 17.7 Å². The minimum absolute atomic E-state index is 0.277. The van der Waals surface area contributed by atoms with Gasteiger partial charge < -0.3 is 0 Å². The van der Waals surface area contributed by atoms with E-state index in [1.807, 2.05) is 0 Å². The number of halogens is 3. The van der Waals surface area contributed by atoms with E-state index in [-0.39, 0.29) is 5.82 Å². The van der Waals surface area contributed by atoms with Gasteiger partial charge in [-0.25, -0.2) is 8.78 Å². The Hall–Kier alpha value is -1.23. The van der Waals surface area contributed by atoms with Crippen LogP contribution in [0.2, 0.25) is 0 Å². The van der Waals surface area contributed by atoms with Crippen LogP contribution in [0, 0.1) is 5.82 Å². The molecule has 0 radical (unpaired) electrons. The van der Waals surface area contributed by atoms with Gasteiger partial charge in [-0.1, -0.05) is 0 Å². The van der Waals surface area contributed by atoms with Crippen molar-refractivity contribution in [3.63, 3.8) is 0 Å². The van der Waals surface area contributed by atoms with Crippen molar-refractivity contribution in [2.24, 2.45) is 0 Å². The summed E-state index contributed by atoms with van der Waals surface area (Å²) in [4.78, 5) is 0. The Balaban J connectivity index is 2.06. The monoisotopic (exact) mass is 298 g/mol. The summed E-state index contributed by atoms with van der Waals surface area (Å²) < 4.78 is 28.5. The van der Waals surface area contributed by atoms with E-state index in [2.05, 4.69) is 21.0 Å². The number of nitrogens with zero attached hydrogens (tertiary/aromatic N) is 2. The van der Waals surface area contributed by atoms with Crippen molar-refractivity contribution >= 4 is 15.9 Å². The molecule has 1 atom stereocenters. The maximum absolute atomic E-state index is 13.2. The summed E-state index contributed by atoms with van der Waals surface area (Å²) in [6.07, 6.45) is -0.467. The predicted molar refractivity (Wildman–Crippen MR) is 63.9 cm³/mol. The van der Waals surface area contributed by atoms with Crippen LogP contribution in [0.5, 0.6) is 0 Å². The van der Waals surface area contributed by atoms with Gasteiger partial charge >= 0.3 is 0 Å². The van der Waals surface area contributed by atoms with Crippen molar-refractivity contribution in [3.05, 3.63) is 40.2 Å². The molecule has 0 bridgehead atoms. The third-order valence-corrected chi connectivity index (χ3v) is 3.73. The quantitative estimate of drug-likeness (QED) is 0.789. The molecule has 17 heavy (non-hydrogen) atoms. The SMILES string of the molecule is Fc1ccc(-c2nn3c(c2Br)C[C@H](F)C3)cc1. The molecule has 0 amide bonds. The minimum Gasteiger partial charge on any atom is -0.265 e. The highest BCUT2D eigenvalue weighted by Gasteiger charge is 2.27. The summed E-state index contributed by atoms with van der Waals surface area (Å²) in [6.45, 7) is 0.301. The maximum atomic E-state index is 13.2. The van der Waals surface area contributed by atoms with Gasteiger partial charge in [-0.3, -0.25) is 4.68 Å². The minimum atomic E-state index is -0.851. The molecule has 2 aromatic rings. The van der Waals surface area contributed by atoms with E-state index in [0.717, 1.165) is 21.4 Å². The standard InChI is InChI=1S/C12H9BrF2N2/c13-11-10-5-9(15)6-17(10)16-12(11)7-1-3-8(14)4-2-7/h1-4,9H,5-6H2/t9-/m0/s1. The first-order valence-electron chi connectivity index (χ1n) is 5.30. The van der Waals surface area contributed by atoms with Crippen LogP contribution in [-0.2, 0) is 13.0 Å². The van der Waals surface area contributed by atoms with Crippen molar-refractivity contribution in [1.82, 2.24) is 9.78 Å². The molecule has 0 fully saturated rings. The molecule has 2 nitrogen and oxygen atoms in total. The summed E-state index contributed by atoms with van der Waals surface area (Å²) in [5.74, 6) is -0.277. The summed E-state index contributed by atoms with van der Waals surface area (Å²) in [6, 6.07) is 6.13. The molecule has 0 N–H and O–H groups in total. The normalized spacial score (nSPS) is 18.4. The average Bonchev–Trinajstić information content (AvgIpc) is 2.79. The van der Waals surface area contributed by atoms with Crippen molar-refractivity contribution in [2.45, 2.75) is 19.1 Å². The Kier molecular flexibility index (Phi) is 2.50. The summed E-state index contributed by atoms with van der Waals surface area (Å²) >= 11 is 3.44. The van der Waals surface area contributed by atoms with Gasteiger partial charge in [-0.2, -0.15) is 5.10 Å². The lowest BCUT2D eigenvalue weighted by molar-refractivity contribution is 0.322. The van der Waals surface area contributed by atoms with Crippen LogP contribution in [0.25, 0.3) is 11.3 Å². The number of fused-ring (bicyclic) bond motifs is 1. The molecule has 0 aliphatic carbocycles. The number of hydrogen-bond donors (Lipinski definition) is 0. The van der Waals surface area contributed by atoms with Crippen molar-refractivity contribution in [1.29, 1.82) is 0 Å². The Morgan fingerprint density at radius 2 is 2.00 bits per heavy atom. The van der Waals surface area contributed by atoms with E-state index in [0.29, 0.717) is 13.0 Å². The third-order valence-electron chi connectivity index (χ3n) is 2.90. The lowest BCUT2D eigenvalue weighted by Gasteiger charge is -2.00. The summed E-state index contributed by atoms with van der Waals surface area (Å²) in [5.41, 5.74) is 2.44. The highest BCUT2D eigenvalue weighted by Crippen LogP contribution is 2.34. The number of rotatable bonds is 1. The molecule has 1 aromatic carbocycles. The molecule has 1 aromatic heterocycles. The van der Waals surface area contributed by atoms with Gasteiger partial charge in [-0.05, 0) is 40.2 Å². The van der Waals surface area contributed by atoms with Crippen LogP contribution in [0.15, 0.2) is 28.7 Å². The highest BCUT2D eigenvalue weighted by atomic mass is 79.9. The van der Waals surface area contributed by atoms with Crippen molar-refractivity contribution in [3.8, 4) is 11.3 Å². The average molecular weight is 299 g/mol. The molecule has 1 aliphatic heterocycles. The maximum Gasteiger partial charge on any atom is 0.125 e. The second-order valence-corrected chi connectivity index (χ2v) is 4.89. The van der Waals surface area contributed by atoms with E-state index in [4.69, 9.17) is 0 Å². The van der Waals surface area contributed by atoms with Crippen molar-refractivity contribution in [2.75, 3.05) is 0 Å². The van der Waals surface area contributed by atoms with E-state index in [9.17, 15) is 8.78 Å². The zero-order valence-corrected chi connectivity index (χ0v) is 10.4. The topological polar surface area (TPSA) is 17.8 Å². The van der Waals surface area contributed by atoms with Gasteiger partial charge in [0.15, 0.2) is 0 Å². The van der Waals surface area contributed by atoms with Crippen LogP contribution < -0.4 is 0 Å². The molecule has 3 rings (SSSR count). The Bertz CT molecular complexity index is 563. The van der Waals surface area contributed by atoms with E-state index in [1.165, 1.54) is 12.1 Å². The van der Waals surface area contributed by atoms with Gasteiger partial charge in [0.25, 0.3) is 0 Å². The Morgan fingerprint density at radius 1 is 1.29 bits per heavy atom. The molecule has 0 spiro atoms. The molecule has 88 valence electrons. The largest absolute Gasteiger partial charge is 0.265 e. The molecule has 5 heteroatoms. The second kappa shape index (κ2) is 3.91. The molecule has 1 aliphatic rings. The Labute approximate surface area is 105 Å². The van der Waals surface area contributed by atoms with Crippen LogP contribution in [-0.4, -0.2) is 16.0 Å². The lowest BCUT2D eigenvalue weighted by Crippen LogP contribution is -2.03. The van der Waals surface area contributed by atoms with Gasteiger partial charge in [-0.15, -0.1) is 0 Å². The summed E-state index contributed by atoms with van der Waals surface area (Å²) in [5, 5.41) is 4.35. The first-order valence-corrected chi connectivity index (χ1v) is 6.09. The fourth-order valence-corrected chi connectivity index (χ4v) is 2.75. The van der Waals surface area contributed by atoms with Gasteiger partial charge in [0, 0.05) is 12.0 Å². The van der Waals surface area contributed by atoms with E-state index >= 15 is 0 Å². The van der Waals surface area contributed by atoms with Crippen LogP contribution >= 0.6 is 15.9 Å². The van der Waals surface area contributed by atoms with Gasteiger partial charge in [0.05, 0.1) is 16.7 Å². The van der Waals surface area contributed by atoms with Crippen LogP contribution in [0.1, 0.15) is 5.69 Å². The van der Waals surface area contributed by atoms with E-state index < -0.39 is 6.17 Å². The van der Waals surface area contributed by atoms with Crippen LogP contribution in [0.4, 0.5) is 8.78 Å². The fourth-order valence-electron chi connectivity index (χ4n) is 2.08. The molecular weight excluding hydrogens is 290 g/mol. The zero-order valence-electron chi connectivity index (χ0n) is 8.83. The number of benzene rings is 1. The third kappa shape index (κ3) is 1.78. The van der Waals surface area contributed by atoms with Crippen LogP contribution in [0.3, 0.4) is 0 Å². The molecule has 0 saturated carbocycles. The molecule has 2 heterocycles. The fraction of sp³-hybridized carbons (Fsp3) is 0.250. The smallest absolute Gasteiger partial charge is 0.125 e. The highest BCUT2D eigenvalue weighted by molar-refractivity contribution is 9.10. The number of hydrogen-bond acceptors (Lipinski definition) is 1.